The number of nitrogens with one attached hydrogen (secondary N) is 1. The fourth-order valence-electron chi connectivity index (χ4n) is 4.55. The normalized spacial score (nSPS) is 14.2. The summed E-state index contributed by atoms with van der Waals surface area (Å²) in [5, 5.41) is 2.54. The number of hydrogen-bond acceptors (Lipinski definition) is 4. The van der Waals surface area contributed by atoms with Gasteiger partial charge in [0.2, 0.25) is 0 Å². The third kappa shape index (κ3) is 8.00. The summed E-state index contributed by atoms with van der Waals surface area (Å²) in [7, 11) is 0. The molecule has 39 heavy (non-hydrogen) atoms. The summed E-state index contributed by atoms with van der Waals surface area (Å²) in [6, 6.07) is 17.4. The molecule has 4 rings (SSSR count). The number of nitrogens with zero attached hydrogens (tertiary/aromatic N) is 2. The minimum Gasteiger partial charge on any atom is -0.457 e. The molecule has 1 fully saturated rings. The number of hydrogen-bond donors (Lipinski definition) is 1. The molecule has 0 saturated carbocycles. The Morgan fingerprint density at radius 3 is 2.23 bits per heavy atom. The first-order valence-electron chi connectivity index (χ1n) is 13.1. The first kappa shape index (κ1) is 28.5. The first-order chi connectivity index (χ1) is 18.8. The van der Waals surface area contributed by atoms with E-state index in [9.17, 15) is 18.4 Å². The van der Waals surface area contributed by atoms with Crippen molar-refractivity contribution >= 4 is 28.6 Å². The summed E-state index contributed by atoms with van der Waals surface area (Å²) in [6.45, 7) is 4.76. The largest absolute Gasteiger partial charge is 0.457 e. The Morgan fingerprint density at radius 1 is 1.00 bits per heavy atom. The minimum atomic E-state index is -0.742. The lowest BCUT2D eigenvalue weighted by Crippen LogP contribution is -2.49. The Bertz CT molecular complexity index is 1260. The van der Waals surface area contributed by atoms with Crippen molar-refractivity contribution in [1.82, 2.24) is 10.2 Å². The fourth-order valence-corrected chi connectivity index (χ4v) is 4.67. The standard InChI is InChI=1S/C30H32ClF2N3O3/c1-2-3-16-36(28-13-8-23(32)19-27(28)33)30(38)34-24-14-17-35(18-15-24)20-21-4-9-25(10-5-21)39-26-11-6-22(7-12-26)29(31)37/h4-13,19,24H,2-3,14-18,20H2,1H3,(H,34,38). The molecule has 2 amide bonds. The lowest BCUT2D eigenvalue weighted by Gasteiger charge is -2.34. The van der Waals surface area contributed by atoms with E-state index in [1.54, 1.807) is 24.3 Å². The second-order valence-corrected chi connectivity index (χ2v) is 9.99. The molecule has 0 atom stereocenters. The maximum absolute atomic E-state index is 14.4. The van der Waals surface area contributed by atoms with Crippen LogP contribution in [-0.4, -0.2) is 41.8 Å². The Kier molecular flexibility index (Phi) is 9.90. The Morgan fingerprint density at radius 2 is 1.64 bits per heavy atom. The summed E-state index contributed by atoms with van der Waals surface area (Å²) in [5.74, 6) is -0.106. The van der Waals surface area contributed by atoms with Crippen LogP contribution in [0.4, 0.5) is 19.3 Å². The molecule has 1 N–H and O–H groups in total. The van der Waals surface area contributed by atoms with E-state index in [4.69, 9.17) is 16.3 Å². The molecule has 0 unspecified atom stereocenters. The highest BCUT2D eigenvalue weighted by molar-refractivity contribution is 6.67. The van der Waals surface area contributed by atoms with Gasteiger partial charge in [0.1, 0.15) is 23.1 Å². The van der Waals surface area contributed by atoms with Crippen LogP contribution < -0.4 is 15.0 Å². The molecule has 0 spiro atoms. The molecular weight excluding hydrogens is 524 g/mol. The molecule has 1 aliphatic heterocycles. The van der Waals surface area contributed by atoms with E-state index in [-0.39, 0.29) is 17.8 Å². The number of halogens is 3. The van der Waals surface area contributed by atoms with E-state index in [2.05, 4.69) is 10.2 Å². The highest BCUT2D eigenvalue weighted by Crippen LogP contribution is 2.24. The van der Waals surface area contributed by atoms with Crippen molar-refractivity contribution in [3.63, 3.8) is 0 Å². The second-order valence-electron chi connectivity index (χ2n) is 9.64. The molecule has 9 heteroatoms. The molecule has 1 aliphatic rings. The van der Waals surface area contributed by atoms with Crippen molar-refractivity contribution in [3.8, 4) is 11.5 Å². The minimum absolute atomic E-state index is 0.0161. The zero-order valence-electron chi connectivity index (χ0n) is 21.8. The molecule has 0 aliphatic carbocycles. The number of carbonyl (C=O) groups is 2. The van der Waals surface area contributed by atoms with Crippen molar-refractivity contribution in [2.45, 2.75) is 45.2 Å². The van der Waals surface area contributed by atoms with E-state index in [1.165, 1.54) is 17.0 Å². The fraction of sp³-hybridized carbons (Fsp3) is 0.333. The quantitative estimate of drug-likeness (QED) is 0.271. The van der Waals surface area contributed by atoms with Crippen LogP contribution in [0.25, 0.3) is 0 Å². The monoisotopic (exact) mass is 555 g/mol. The van der Waals surface area contributed by atoms with Gasteiger partial charge < -0.3 is 10.1 Å². The maximum atomic E-state index is 14.4. The van der Waals surface area contributed by atoms with E-state index in [0.717, 1.165) is 50.5 Å². The van der Waals surface area contributed by atoms with Crippen LogP contribution in [0.3, 0.4) is 0 Å². The molecule has 0 radical (unpaired) electrons. The number of urea groups is 1. The molecule has 3 aromatic carbocycles. The summed E-state index contributed by atoms with van der Waals surface area (Å²) >= 11 is 5.48. The second kappa shape index (κ2) is 13.5. The van der Waals surface area contributed by atoms with E-state index >= 15 is 0 Å². The predicted octanol–water partition coefficient (Wildman–Crippen LogP) is 7.12. The van der Waals surface area contributed by atoms with Crippen molar-refractivity contribution in [2.24, 2.45) is 0 Å². The topological polar surface area (TPSA) is 61.9 Å². The van der Waals surface area contributed by atoms with E-state index < -0.39 is 16.9 Å². The van der Waals surface area contributed by atoms with Crippen molar-refractivity contribution < 1.29 is 23.1 Å². The van der Waals surface area contributed by atoms with Gasteiger partial charge in [0.15, 0.2) is 0 Å². The van der Waals surface area contributed by atoms with Crippen LogP contribution in [0.15, 0.2) is 66.7 Å². The van der Waals surface area contributed by atoms with Gasteiger partial charge in [-0.2, -0.15) is 0 Å². The highest BCUT2D eigenvalue weighted by Gasteiger charge is 2.25. The van der Waals surface area contributed by atoms with Gasteiger partial charge in [-0.25, -0.2) is 13.6 Å². The van der Waals surface area contributed by atoms with E-state index in [1.807, 2.05) is 31.2 Å². The first-order valence-corrected chi connectivity index (χ1v) is 13.5. The number of amides is 2. The number of likely N-dealkylation sites (tertiary alicyclic amines) is 1. The SMILES string of the molecule is CCCCN(C(=O)NC1CCN(Cc2ccc(Oc3ccc(C(=O)Cl)cc3)cc2)CC1)c1ccc(F)cc1F. The molecule has 1 saturated heterocycles. The number of anilines is 1. The molecule has 6 nitrogen and oxygen atoms in total. The Hall–Kier alpha value is -3.49. The van der Waals surface area contributed by atoms with Crippen molar-refractivity contribution in [3.05, 3.63) is 89.5 Å². The maximum Gasteiger partial charge on any atom is 0.322 e. The number of rotatable bonds is 10. The van der Waals surface area contributed by atoms with Gasteiger partial charge in [-0.05, 0) is 85.0 Å². The zero-order chi connectivity index (χ0) is 27.8. The number of unbranched alkanes of at least 4 members (excludes halogenated alkanes) is 1. The zero-order valence-corrected chi connectivity index (χ0v) is 22.6. The molecule has 0 aromatic heterocycles. The third-order valence-electron chi connectivity index (χ3n) is 6.74. The molecular formula is C30H32ClF2N3O3. The van der Waals surface area contributed by atoms with Gasteiger partial charge in [0.25, 0.3) is 5.24 Å². The number of ether oxygens (including phenoxy) is 1. The van der Waals surface area contributed by atoms with Gasteiger partial charge in [-0.1, -0.05) is 25.5 Å². The summed E-state index contributed by atoms with van der Waals surface area (Å²) < 4.78 is 33.6. The van der Waals surface area contributed by atoms with Gasteiger partial charge in [0.05, 0.1) is 5.69 Å². The predicted molar refractivity (Wildman–Crippen MR) is 149 cm³/mol. The van der Waals surface area contributed by atoms with Crippen molar-refractivity contribution in [1.29, 1.82) is 0 Å². The van der Waals surface area contributed by atoms with Crippen LogP contribution in [-0.2, 0) is 6.54 Å². The Labute approximate surface area is 232 Å². The smallest absolute Gasteiger partial charge is 0.322 e. The molecule has 1 heterocycles. The average Bonchev–Trinajstić information content (AvgIpc) is 2.92. The van der Waals surface area contributed by atoms with Gasteiger partial charge in [-0.3, -0.25) is 14.6 Å². The van der Waals surface area contributed by atoms with Crippen LogP contribution in [0.1, 0.15) is 48.5 Å². The van der Waals surface area contributed by atoms with Gasteiger partial charge >= 0.3 is 6.03 Å². The number of benzene rings is 3. The summed E-state index contributed by atoms with van der Waals surface area (Å²) in [4.78, 5) is 27.9. The lowest BCUT2D eigenvalue weighted by molar-refractivity contribution is 0.108. The lowest BCUT2D eigenvalue weighted by atomic mass is 10.0. The third-order valence-corrected chi connectivity index (χ3v) is 6.96. The number of carbonyl (C=O) groups excluding carboxylic acids is 2. The van der Waals surface area contributed by atoms with Crippen LogP contribution in [0.5, 0.6) is 11.5 Å². The number of piperidine rings is 1. The van der Waals surface area contributed by atoms with E-state index in [0.29, 0.717) is 30.0 Å². The van der Waals surface area contributed by atoms with Crippen LogP contribution in [0, 0.1) is 11.6 Å². The van der Waals surface area contributed by atoms with Gasteiger partial charge in [-0.15, -0.1) is 0 Å². The summed E-state index contributed by atoms with van der Waals surface area (Å²) in [5.41, 5.74) is 1.65. The van der Waals surface area contributed by atoms with Crippen LogP contribution >= 0.6 is 11.6 Å². The molecule has 3 aromatic rings. The van der Waals surface area contributed by atoms with Crippen LogP contribution in [0.2, 0.25) is 0 Å². The molecule has 0 bridgehead atoms. The highest BCUT2D eigenvalue weighted by atomic mass is 35.5. The summed E-state index contributed by atoms with van der Waals surface area (Å²) in [6.07, 6.45) is 3.12. The average molecular weight is 556 g/mol. The van der Waals surface area contributed by atoms with Gasteiger partial charge in [0, 0.05) is 43.9 Å². The van der Waals surface area contributed by atoms with Crippen molar-refractivity contribution in [2.75, 3.05) is 24.5 Å². The molecule has 206 valence electrons. The Balaban J connectivity index is 1.26.